The third-order valence-corrected chi connectivity index (χ3v) is 4.79. The van der Waals surface area contributed by atoms with Crippen LogP contribution in [-0.2, 0) is 16.7 Å². The minimum Gasteiger partial charge on any atom is -0.497 e. The monoisotopic (exact) mass is 437 g/mol. The minimum absolute atomic E-state index is 0.0664. The highest BCUT2D eigenvalue weighted by atomic mass is 32.2. The summed E-state index contributed by atoms with van der Waals surface area (Å²) in [6.07, 6.45) is 0.958. The quantitative estimate of drug-likeness (QED) is 0.557. The van der Waals surface area contributed by atoms with Gasteiger partial charge in [0, 0.05) is 24.2 Å². The lowest BCUT2D eigenvalue weighted by Gasteiger charge is -2.27. The third kappa shape index (κ3) is 6.03. The topological polar surface area (TPSA) is 91.4 Å². The third-order valence-electron chi connectivity index (χ3n) is 4.30. The molecule has 0 saturated carbocycles. The molecule has 0 fully saturated rings. The van der Waals surface area contributed by atoms with Crippen LogP contribution in [-0.4, -0.2) is 52.9 Å². The van der Waals surface area contributed by atoms with Crippen molar-refractivity contribution in [2.24, 2.45) is 0 Å². The zero-order valence-electron chi connectivity index (χ0n) is 18.0. The second kappa shape index (κ2) is 9.71. The zero-order chi connectivity index (χ0) is 22.5. The molecule has 2 aromatic rings. The van der Waals surface area contributed by atoms with Crippen LogP contribution in [0.4, 0.5) is 0 Å². The first-order valence-electron chi connectivity index (χ1n) is 9.18. The van der Waals surface area contributed by atoms with E-state index in [1.165, 1.54) is 21.3 Å². The van der Waals surface area contributed by atoms with E-state index in [-0.39, 0.29) is 30.0 Å². The first kappa shape index (κ1) is 23.3. The maximum atomic E-state index is 13.2. The highest BCUT2D eigenvalue weighted by Gasteiger charge is 2.22. The van der Waals surface area contributed by atoms with Crippen molar-refractivity contribution in [3.63, 3.8) is 0 Å². The molecule has 0 aliphatic carbocycles. The summed E-state index contributed by atoms with van der Waals surface area (Å²) in [4.78, 5) is 14.9. The molecule has 2 aromatic carbocycles. The van der Waals surface area contributed by atoms with Crippen molar-refractivity contribution in [1.82, 2.24) is 4.90 Å². The zero-order valence-corrected chi connectivity index (χ0v) is 18.8. The summed E-state index contributed by atoms with van der Waals surface area (Å²) < 4.78 is 43.8. The lowest BCUT2D eigenvalue weighted by molar-refractivity contribution is 0.0689. The molecule has 0 N–H and O–H groups in total. The van der Waals surface area contributed by atoms with Gasteiger partial charge in [-0.15, -0.1) is 0 Å². The fraction of sp³-hybridized carbons (Fsp3) is 0.381. The molecule has 9 heteroatoms. The molecule has 30 heavy (non-hydrogen) atoms. The van der Waals surface area contributed by atoms with Gasteiger partial charge in [-0.2, -0.15) is 8.42 Å². The molecule has 0 aliphatic rings. The van der Waals surface area contributed by atoms with Gasteiger partial charge in [0.1, 0.15) is 11.5 Å². The van der Waals surface area contributed by atoms with Crippen molar-refractivity contribution in [3.05, 3.63) is 47.5 Å². The second-order valence-corrected chi connectivity index (χ2v) is 8.48. The molecule has 1 amide bonds. The number of amides is 1. The van der Waals surface area contributed by atoms with E-state index in [4.69, 9.17) is 18.4 Å². The molecule has 2 rings (SSSR count). The maximum Gasteiger partial charge on any atom is 0.306 e. The van der Waals surface area contributed by atoms with Crippen LogP contribution in [0.2, 0.25) is 0 Å². The lowest BCUT2D eigenvalue weighted by Crippen LogP contribution is -2.36. The standard InChI is InChI=1S/C21H27NO7S/c1-14(2)22(21(23)16-10-17(26-3)12-18(11-16)27-4)13-15-7-8-19(28-5)20(9-15)29-30(6,24)25/h7-12,14H,13H2,1-6H3. The molecule has 0 radical (unpaired) electrons. The average molecular weight is 438 g/mol. The van der Waals surface area contributed by atoms with Gasteiger partial charge in [-0.25, -0.2) is 0 Å². The number of rotatable bonds is 9. The molecule has 0 heterocycles. The first-order valence-corrected chi connectivity index (χ1v) is 11.0. The van der Waals surface area contributed by atoms with E-state index in [2.05, 4.69) is 0 Å². The average Bonchev–Trinajstić information content (AvgIpc) is 2.69. The second-order valence-electron chi connectivity index (χ2n) is 6.90. The highest BCUT2D eigenvalue weighted by molar-refractivity contribution is 7.86. The van der Waals surface area contributed by atoms with Crippen LogP contribution in [0.1, 0.15) is 29.8 Å². The number of ether oxygens (including phenoxy) is 3. The van der Waals surface area contributed by atoms with Crippen molar-refractivity contribution in [2.45, 2.75) is 26.4 Å². The molecular weight excluding hydrogens is 410 g/mol. The smallest absolute Gasteiger partial charge is 0.306 e. The predicted molar refractivity (Wildman–Crippen MR) is 113 cm³/mol. The SMILES string of the molecule is COc1cc(OC)cc(C(=O)N(Cc2ccc(OC)c(OS(C)(=O)=O)c2)C(C)C)c1. The Bertz CT molecular complexity index is 980. The fourth-order valence-electron chi connectivity index (χ4n) is 2.83. The number of nitrogens with zero attached hydrogens (tertiary/aromatic N) is 1. The van der Waals surface area contributed by atoms with Gasteiger partial charge in [0.2, 0.25) is 0 Å². The molecule has 8 nitrogen and oxygen atoms in total. The fourth-order valence-corrected chi connectivity index (χ4v) is 3.29. The Kier molecular flexibility index (Phi) is 7.55. The van der Waals surface area contributed by atoms with Crippen LogP contribution in [0.15, 0.2) is 36.4 Å². The van der Waals surface area contributed by atoms with Crippen molar-refractivity contribution < 1.29 is 31.6 Å². The van der Waals surface area contributed by atoms with Crippen LogP contribution >= 0.6 is 0 Å². The van der Waals surface area contributed by atoms with Gasteiger partial charge < -0.3 is 23.3 Å². The van der Waals surface area contributed by atoms with Crippen LogP contribution in [0.3, 0.4) is 0 Å². The summed E-state index contributed by atoms with van der Waals surface area (Å²) in [5, 5.41) is 0. The van der Waals surface area contributed by atoms with Crippen molar-refractivity contribution in [2.75, 3.05) is 27.6 Å². The van der Waals surface area contributed by atoms with Crippen LogP contribution in [0.5, 0.6) is 23.0 Å². The molecular formula is C21H27NO7S. The van der Waals surface area contributed by atoms with Crippen molar-refractivity contribution in [1.29, 1.82) is 0 Å². The van der Waals surface area contributed by atoms with Crippen molar-refractivity contribution >= 4 is 16.0 Å². The summed E-state index contributed by atoms with van der Waals surface area (Å²) in [5.41, 5.74) is 1.10. The molecule has 0 aliphatic heterocycles. The lowest BCUT2D eigenvalue weighted by atomic mass is 10.1. The number of carbonyl (C=O) groups is 1. The summed E-state index contributed by atoms with van der Waals surface area (Å²) in [5.74, 6) is 1.15. The van der Waals surface area contributed by atoms with E-state index < -0.39 is 10.1 Å². The van der Waals surface area contributed by atoms with E-state index in [0.717, 1.165) is 6.26 Å². The largest absolute Gasteiger partial charge is 0.497 e. The summed E-state index contributed by atoms with van der Waals surface area (Å²) in [6, 6.07) is 9.76. The molecule has 0 aromatic heterocycles. The van der Waals surface area contributed by atoms with Gasteiger partial charge >= 0.3 is 10.1 Å². The van der Waals surface area contributed by atoms with Gasteiger partial charge in [0.05, 0.1) is 27.6 Å². The van der Waals surface area contributed by atoms with Gasteiger partial charge in [-0.05, 0) is 43.7 Å². The Balaban J connectivity index is 2.38. The molecule has 164 valence electrons. The number of hydrogen-bond acceptors (Lipinski definition) is 7. The van der Waals surface area contributed by atoms with E-state index in [1.807, 2.05) is 13.8 Å². The molecule has 0 saturated heterocycles. The van der Waals surface area contributed by atoms with Gasteiger partial charge in [-0.3, -0.25) is 4.79 Å². The molecule has 0 spiro atoms. The Morgan fingerprint density at radius 1 is 0.933 bits per heavy atom. The Labute approximate surface area is 177 Å². The summed E-state index contributed by atoms with van der Waals surface area (Å²) >= 11 is 0. The maximum absolute atomic E-state index is 13.2. The molecule has 0 unspecified atom stereocenters. The molecule has 0 bridgehead atoms. The van der Waals surface area contributed by atoms with Crippen LogP contribution < -0.4 is 18.4 Å². The van der Waals surface area contributed by atoms with Crippen LogP contribution in [0, 0.1) is 0 Å². The normalized spacial score (nSPS) is 11.2. The number of benzene rings is 2. The summed E-state index contributed by atoms with van der Waals surface area (Å²) in [6.45, 7) is 4.03. The Morgan fingerprint density at radius 3 is 2.00 bits per heavy atom. The number of hydrogen-bond donors (Lipinski definition) is 0. The predicted octanol–water partition coefficient (Wildman–Crippen LogP) is 3.10. The van der Waals surface area contributed by atoms with E-state index in [9.17, 15) is 13.2 Å². The Hall–Kier alpha value is -2.94. The first-order chi connectivity index (χ1) is 14.1. The van der Waals surface area contributed by atoms with Gasteiger partial charge in [-0.1, -0.05) is 6.07 Å². The van der Waals surface area contributed by atoms with Crippen molar-refractivity contribution in [3.8, 4) is 23.0 Å². The van der Waals surface area contributed by atoms with Gasteiger partial charge in [0.15, 0.2) is 11.5 Å². The number of methoxy groups -OCH3 is 3. The van der Waals surface area contributed by atoms with E-state index >= 15 is 0 Å². The van der Waals surface area contributed by atoms with E-state index in [1.54, 1.807) is 41.3 Å². The molecule has 0 atom stereocenters. The number of carbonyl (C=O) groups excluding carboxylic acids is 1. The highest BCUT2D eigenvalue weighted by Crippen LogP contribution is 2.30. The Morgan fingerprint density at radius 2 is 1.53 bits per heavy atom. The minimum atomic E-state index is -3.73. The van der Waals surface area contributed by atoms with Gasteiger partial charge in [0.25, 0.3) is 5.91 Å². The van der Waals surface area contributed by atoms with Crippen LogP contribution in [0.25, 0.3) is 0 Å². The summed E-state index contributed by atoms with van der Waals surface area (Å²) in [7, 11) is 0.722. The van der Waals surface area contributed by atoms with E-state index in [0.29, 0.717) is 22.6 Å².